The van der Waals surface area contributed by atoms with Crippen LogP contribution in [0.3, 0.4) is 0 Å². The standard InChI is InChI=1S/C14H20F3N3/c1-19-6-5-10(8-19)9-20(2)11-3-4-13(18)12(7-11)14(15,16)17/h3-4,7,10H,5-6,8-9,18H2,1-2H3. The minimum Gasteiger partial charge on any atom is -0.398 e. The maximum atomic E-state index is 12.8. The molecule has 1 fully saturated rings. The van der Waals surface area contributed by atoms with Gasteiger partial charge in [0, 0.05) is 31.5 Å². The summed E-state index contributed by atoms with van der Waals surface area (Å²) >= 11 is 0. The van der Waals surface area contributed by atoms with Crippen molar-refractivity contribution in [3.63, 3.8) is 0 Å². The van der Waals surface area contributed by atoms with Gasteiger partial charge in [0.1, 0.15) is 0 Å². The number of hydrogen-bond acceptors (Lipinski definition) is 3. The molecular weight excluding hydrogens is 267 g/mol. The fourth-order valence-corrected chi connectivity index (χ4v) is 2.70. The van der Waals surface area contributed by atoms with Gasteiger partial charge in [0.15, 0.2) is 0 Å². The molecule has 6 heteroatoms. The van der Waals surface area contributed by atoms with Crippen LogP contribution in [-0.2, 0) is 6.18 Å². The summed E-state index contributed by atoms with van der Waals surface area (Å²) in [7, 11) is 3.88. The molecule has 1 aliphatic heterocycles. The molecule has 0 amide bonds. The highest BCUT2D eigenvalue weighted by Gasteiger charge is 2.33. The first-order chi connectivity index (χ1) is 9.27. The number of nitrogens with two attached hydrogens (primary N) is 1. The van der Waals surface area contributed by atoms with Crippen molar-refractivity contribution >= 4 is 11.4 Å². The number of anilines is 2. The Bertz CT molecular complexity index is 473. The average Bonchev–Trinajstić information content (AvgIpc) is 2.73. The van der Waals surface area contributed by atoms with Crippen LogP contribution in [0.2, 0.25) is 0 Å². The summed E-state index contributed by atoms with van der Waals surface area (Å²) in [4.78, 5) is 4.11. The molecule has 1 unspecified atom stereocenters. The summed E-state index contributed by atoms with van der Waals surface area (Å²) in [5.74, 6) is 0.497. The molecule has 0 radical (unpaired) electrons. The lowest BCUT2D eigenvalue weighted by molar-refractivity contribution is -0.136. The third-order valence-corrected chi connectivity index (χ3v) is 3.80. The number of benzene rings is 1. The van der Waals surface area contributed by atoms with Crippen LogP contribution in [0.25, 0.3) is 0 Å². The van der Waals surface area contributed by atoms with Crippen molar-refractivity contribution < 1.29 is 13.2 Å². The molecular formula is C14H20F3N3. The SMILES string of the molecule is CN1CCC(CN(C)c2ccc(N)c(C(F)(F)F)c2)C1. The number of hydrogen-bond donors (Lipinski definition) is 1. The minimum absolute atomic E-state index is 0.227. The summed E-state index contributed by atoms with van der Waals surface area (Å²) in [6.07, 6.45) is -3.32. The summed E-state index contributed by atoms with van der Waals surface area (Å²) in [5.41, 5.74) is 4.98. The molecule has 1 aromatic carbocycles. The fraction of sp³-hybridized carbons (Fsp3) is 0.571. The Morgan fingerprint density at radius 3 is 2.65 bits per heavy atom. The normalized spacial score (nSPS) is 20.4. The van der Waals surface area contributed by atoms with Gasteiger partial charge in [-0.15, -0.1) is 0 Å². The fourth-order valence-electron chi connectivity index (χ4n) is 2.70. The highest BCUT2D eigenvalue weighted by atomic mass is 19.4. The number of nitrogen functional groups attached to an aromatic ring is 1. The van der Waals surface area contributed by atoms with Gasteiger partial charge in [-0.3, -0.25) is 0 Å². The molecule has 2 rings (SSSR count). The highest BCUT2D eigenvalue weighted by molar-refractivity contribution is 5.59. The topological polar surface area (TPSA) is 32.5 Å². The van der Waals surface area contributed by atoms with Crippen LogP contribution in [0, 0.1) is 5.92 Å². The Kier molecular flexibility index (Phi) is 4.13. The molecule has 0 aliphatic carbocycles. The van der Waals surface area contributed by atoms with Gasteiger partial charge in [0.25, 0.3) is 0 Å². The van der Waals surface area contributed by atoms with Crippen LogP contribution in [0.4, 0.5) is 24.5 Å². The molecule has 20 heavy (non-hydrogen) atoms. The Labute approximate surface area is 117 Å². The van der Waals surface area contributed by atoms with Crippen molar-refractivity contribution in [2.75, 3.05) is 44.4 Å². The second kappa shape index (κ2) is 5.52. The summed E-state index contributed by atoms with van der Waals surface area (Å²) < 4.78 is 38.5. The first-order valence-corrected chi connectivity index (χ1v) is 6.64. The van der Waals surface area contributed by atoms with Gasteiger partial charge in [-0.1, -0.05) is 0 Å². The lowest BCUT2D eigenvalue weighted by atomic mass is 10.1. The third-order valence-electron chi connectivity index (χ3n) is 3.80. The third kappa shape index (κ3) is 3.36. The molecule has 0 saturated carbocycles. The highest BCUT2D eigenvalue weighted by Crippen LogP contribution is 2.36. The molecule has 1 aliphatic rings. The van der Waals surface area contributed by atoms with E-state index in [1.165, 1.54) is 6.07 Å². The number of likely N-dealkylation sites (tertiary alicyclic amines) is 1. The smallest absolute Gasteiger partial charge is 0.398 e. The Morgan fingerprint density at radius 2 is 2.10 bits per heavy atom. The minimum atomic E-state index is -4.41. The lowest BCUT2D eigenvalue weighted by Crippen LogP contribution is -2.27. The second-order valence-electron chi connectivity index (χ2n) is 5.57. The molecule has 0 spiro atoms. The molecule has 1 saturated heterocycles. The Hall–Kier alpha value is -1.43. The quantitative estimate of drug-likeness (QED) is 0.868. The van der Waals surface area contributed by atoms with E-state index in [-0.39, 0.29) is 5.69 Å². The van der Waals surface area contributed by atoms with Gasteiger partial charge in [-0.05, 0) is 44.1 Å². The largest absolute Gasteiger partial charge is 0.418 e. The van der Waals surface area contributed by atoms with E-state index in [4.69, 9.17) is 5.73 Å². The van der Waals surface area contributed by atoms with Crippen LogP contribution in [0.5, 0.6) is 0 Å². The van der Waals surface area contributed by atoms with Crippen LogP contribution in [0.1, 0.15) is 12.0 Å². The van der Waals surface area contributed by atoms with E-state index in [1.807, 2.05) is 11.9 Å². The first kappa shape index (κ1) is 15.0. The zero-order chi connectivity index (χ0) is 14.9. The van der Waals surface area contributed by atoms with Crippen LogP contribution >= 0.6 is 0 Å². The predicted molar refractivity (Wildman–Crippen MR) is 74.7 cm³/mol. The van der Waals surface area contributed by atoms with Crippen molar-refractivity contribution in [1.29, 1.82) is 0 Å². The average molecular weight is 287 g/mol. The van der Waals surface area contributed by atoms with Gasteiger partial charge < -0.3 is 15.5 Å². The molecule has 112 valence electrons. The van der Waals surface area contributed by atoms with Gasteiger partial charge in [-0.2, -0.15) is 13.2 Å². The molecule has 3 nitrogen and oxygen atoms in total. The number of rotatable bonds is 3. The van der Waals surface area contributed by atoms with Crippen LogP contribution in [-0.4, -0.2) is 38.6 Å². The first-order valence-electron chi connectivity index (χ1n) is 6.64. The maximum Gasteiger partial charge on any atom is 0.418 e. The van der Waals surface area contributed by atoms with Gasteiger partial charge in [0.2, 0.25) is 0 Å². The molecule has 1 heterocycles. The zero-order valence-corrected chi connectivity index (χ0v) is 11.7. The van der Waals surface area contributed by atoms with Gasteiger partial charge >= 0.3 is 6.18 Å². The number of alkyl halides is 3. The Morgan fingerprint density at radius 1 is 1.40 bits per heavy atom. The number of halogens is 3. The maximum absolute atomic E-state index is 12.8. The van der Waals surface area contributed by atoms with Gasteiger partial charge in [-0.25, -0.2) is 0 Å². The van der Waals surface area contributed by atoms with Crippen molar-refractivity contribution in [3.8, 4) is 0 Å². The van der Waals surface area contributed by atoms with Gasteiger partial charge in [0.05, 0.1) is 5.56 Å². The molecule has 1 aromatic rings. The van der Waals surface area contributed by atoms with Crippen LogP contribution in [0.15, 0.2) is 18.2 Å². The van der Waals surface area contributed by atoms with E-state index in [1.54, 1.807) is 6.07 Å². The lowest BCUT2D eigenvalue weighted by Gasteiger charge is -2.24. The van der Waals surface area contributed by atoms with E-state index in [0.29, 0.717) is 11.6 Å². The van der Waals surface area contributed by atoms with Crippen molar-refractivity contribution in [2.45, 2.75) is 12.6 Å². The van der Waals surface area contributed by atoms with Crippen molar-refractivity contribution in [3.05, 3.63) is 23.8 Å². The molecule has 1 atom stereocenters. The van der Waals surface area contributed by atoms with E-state index in [0.717, 1.165) is 32.1 Å². The van der Waals surface area contributed by atoms with Crippen molar-refractivity contribution in [1.82, 2.24) is 4.90 Å². The Balaban J connectivity index is 2.12. The van der Waals surface area contributed by atoms with Crippen LogP contribution < -0.4 is 10.6 Å². The summed E-state index contributed by atoms with van der Waals surface area (Å²) in [6.45, 7) is 2.80. The van der Waals surface area contributed by atoms with E-state index in [9.17, 15) is 13.2 Å². The zero-order valence-electron chi connectivity index (χ0n) is 11.7. The molecule has 2 N–H and O–H groups in total. The number of nitrogens with zero attached hydrogens (tertiary/aromatic N) is 2. The summed E-state index contributed by atoms with van der Waals surface area (Å²) in [5, 5.41) is 0. The van der Waals surface area contributed by atoms with E-state index >= 15 is 0 Å². The van der Waals surface area contributed by atoms with E-state index < -0.39 is 11.7 Å². The van der Waals surface area contributed by atoms with E-state index in [2.05, 4.69) is 11.9 Å². The predicted octanol–water partition coefficient (Wildman–Crippen LogP) is 2.68. The summed E-state index contributed by atoms with van der Waals surface area (Å²) in [6, 6.07) is 4.10. The second-order valence-corrected chi connectivity index (χ2v) is 5.57. The molecule has 0 aromatic heterocycles. The molecule has 0 bridgehead atoms. The van der Waals surface area contributed by atoms with Crippen molar-refractivity contribution in [2.24, 2.45) is 5.92 Å². The monoisotopic (exact) mass is 287 g/mol.